The van der Waals surface area contributed by atoms with Crippen LogP contribution in [-0.2, 0) is 55.4 Å². The first-order chi connectivity index (χ1) is 27.5. The average molecular weight is 801 g/mol. The van der Waals surface area contributed by atoms with Crippen molar-refractivity contribution in [1.29, 1.82) is 11.0 Å². The Morgan fingerprint density at radius 3 is 1.20 bits per heavy atom. The summed E-state index contributed by atoms with van der Waals surface area (Å²) in [7, 11) is -10.5. The molecule has 4 aromatic carbocycles. The van der Waals surface area contributed by atoms with Gasteiger partial charge in [0.05, 0.1) is 11.4 Å². The molecule has 10 N–H and O–H groups in total. The van der Waals surface area contributed by atoms with Gasteiger partial charge in [0, 0.05) is 11.1 Å². The van der Waals surface area contributed by atoms with Crippen LogP contribution in [0.2, 0.25) is 2.82 Å². The Balaban J connectivity index is 1.69. The molecule has 6 rings (SSSR count). The van der Waals surface area contributed by atoms with Crippen LogP contribution in [-0.4, -0.2) is 48.4 Å². The van der Waals surface area contributed by atoms with E-state index in [-0.39, 0.29) is 70.5 Å². The van der Waals surface area contributed by atoms with Gasteiger partial charge in [-0.2, -0.15) is 27.1 Å². The summed E-state index contributed by atoms with van der Waals surface area (Å²) in [5.74, 6) is 0. The van der Waals surface area contributed by atoms with Gasteiger partial charge in [0.15, 0.2) is 9.49 Å². The number of hydrogen-bond acceptors (Lipinski definition) is 12. The van der Waals surface area contributed by atoms with E-state index in [9.17, 15) is 36.2 Å². The minimum atomic E-state index is -5.27. The smallest absolute Gasteiger partial charge is 0.282 e. The lowest BCUT2D eigenvalue weighted by atomic mass is 9.72. The van der Waals surface area contributed by atoms with Gasteiger partial charge in [-0.15, -0.1) is 0 Å². The minimum absolute atomic E-state index is 0.00955. The molecule has 0 fully saturated rings. The summed E-state index contributed by atoms with van der Waals surface area (Å²) in [5.41, 5.74) is 21.3. The Morgan fingerprint density at radius 1 is 0.625 bits per heavy atom. The van der Waals surface area contributed by atoms with Gasteiger partial charge in [-0.05, 0) is 81.3 Å². The van der Waals surface area contributed by atoms with Gasteiger partial charge in [-0.25, -0.2) is 11.0 Å². The van der Waals surface area contributed by atoms with Crippen molar-refractivity contribution in [2.75, 3.05) is 0 Å². The van der Waals surface area contributed by atoms with Gasteiger partial charge in [0.2, 0.25) is 2.82 Å². The number of aliphatic hydroxyl groups excluding tert-OH is 2. The summed E-state index contributed by atoms with van der Waals surface area (Å²) in [6.45, 7) is 7.15. The van der Waals surface area contributed by atoms with E-state index in [1.807, 2.05) is 0 Å². The molecule has 0 heterocycles. The lowest BCUT2D eigenvalue weighted by molar-refractivity contribution is 0.161. The van der Waals surface area contributed by atoms with Gasteiger partial charge < -0.3 is 21.7 Å². The highest BCUT2D eigenvalue weighted by atomic mass is 32.2. The van der Waals surface area contributed by atoms with Gasteiger partial charge in [0.1, 0.15) is 23.6 Å². The predicted molar refractivity (Wildman–Crippen MR) is 211 cm³/mol. The number of rotatable bonds is 11. The second-order valence-electron chi connectivity index (χ2n) is 13.9. The second-order valence-corrected chi connectivity index (χ2v) is 17.1. The second kappa shape index (κ2) is 14.4. The first kappa shape index (κ1) is 37.8. The average Bonchev–Trinajstić information content (AvgIpc) is 3.20. The Labute approximate surface area is 328 Å². The molecule has 0 aromatic heterocycles. The Kier molecular flexibility index (Phi) is 9.75. The quantitative estimate of drug-likeness (QED) is 0.0654. The highest BCUT2D eigenvalue weighted by Gasteiger charge is 2.61. The molecule has 294 valence electrons. The van der Waals surface area contributed by atoms with Crippen LogP contribution in [0.25, 0.3) is 22.5 Å². The number of nitrogens with one attached hydrogen (secondary N) is 2. The molecule has 0 bridgehead atoms. The lowest BCUT2D eigenvalue weighted by Gasteiger charge is -2.43. The van der Waals surface area contributed by atoms with Crippen molar-refractivity contribution in [3.05, 3.63) is 140 Å². The topological polar surface area (TPSA) is 274 Å². The maximum Gasteiger partial charge on any atom is 0.282 e. The van der Waals surface area contributed by atoms with Crippen LogP contribution in [0, 0.1) is 11.0 Å². The molecule has 16 heteroatoms. The molecular formula is C40H44N6O8S2. The maximum absolute atomic E-state index is 14.0. The van der Waals surface area contributed by atoms with Crippen molar-refractivity contribution in [1.82, 2.24) is 0 Å². The van der Waals surface area contributed by atoms with E-state index in [0.717, 1.165) is 0 Å². The fraction of sp³-hybridized carbons (Fsp3) is 0.300. The molecule has 2 aliphatic rings. The molecule has 56 heavy (non-hydrogen) atoms. The summed E-state index contributed by atoms with van der Waals surface area (Å²) >= 11 is 0. The molecule has 0 spiro atoms. The monoisotopic (exact) mass is 800 g/mol. The van der Waals surface area contributed by atoms with Crippen LogP contribution < -0.4 is 11.5 Å². The summed E-state index contributed by atoms with van der Waals surface area (Å²) in [5, 5.41) is 31.5. The number of aryl methyl sites for hydroxylation is 4. The molecule has 0 saturated heterocycles. The molecule has 4 aromatic rings. The minimum Gasteiger partial charge on any atom is -0.397 e. The Hall–Kier alpha value is -5.10. The fourth-order valence-corrected chi connectivity index (χ4v) is 11.6. The third-order valence-electron chi connectivity index (χ3n) is 11.3. The van der Waals surface area contributed by atoms with Crippen LogP contribution >= 0.6 is 0 Å². The molecule has 2 aliphatic carbocycles. The van der Waals surface area contributed by atoms with E-state index < -0.39 is 53.3 Å². The number of nitrogens with zero attached hydrogens (tertiary/aromatic N) is 2. The third-order valence-corrected chi connectivity index (χ3v) is 14.2. The molecule has 4 atom stereocenters. The van der Waals surface area contributed by atoms with Crippen molar-refractivity contribution in [3.63, 3.8) is 0 Å². The summed E-state index contributed by atoms with van der Waals surface area (Å²) in [6.07, 6.45) is -3.32. The fourth-order valence-electron chi connectivity index (χ4n) is 8.85. The summed E-state index contributed by atoms with van der Waals surface area (Å²) in [4.78, 5) is 0. The number of aliphatic hydroxyl groups is 2. The van der Waals surface area contributed by atoms with Crippen molar-refractivity contribution >= 4 is 31.6 Å². The highest BCUT2D eigenvalue weighted by molar-refractivity contribution is 7.87. The van der Waals surface area contributed by atoms with Gasteiger partial charge >= 0.3 is 0 Å². The zero-order chi connectivity index (χ0) is 42.5. The molecule has 14 nitrogen and oxygen atoms in total. The van der Waals surface area contributed by atoms with Crippen LogP contribution in [0.1, 0.15) is 83.3 Å². The Morgan fingerprint density at radius 2 is 0.929 bits per heavy atom. The van der Waals surface area contributed by atoms with Crippen molar-refractivity contribution in [3.8, 4) is 11.1 Å². The van der Waals surface area contributed by atoms with Gasteiger partial charge in [0.25, 0.3) is 20.2 Å². The van der Waals surface area contributed by atoms with Crippen LogP contribution in [0.5, 0.6) is 0 Å². The van der Waals surface area contributed by atoms with Crippen LogP contribution in [0.4, 0.5) is 0 Å². The zero-order valence-electron chi connectivity index (χ0n) is 33.1. The predicted octanol–water partition coefficient (Wildman–Crippen LogP) is 5.93. The van der Waals surface area contributed by atoms with Crippen molar-refractivity contribution < 1.29 is 39.0 Å². The number of nitrogens with two attached hydrogens (primary N) is 2. The molecule has 0 amide bonds. The Bertz CT molecular complexity index is 2450. The molecular weight excluding hydrogens is 757 g/mol. The van der Waals surface area contributed by atoms with E-state index >= 15 is 0 Å². The van der Waals surface area contributed by atoms with E-state index in [4.69, 9.17) is 14.3 Å². The first-order valence-electron chi connectivity index (χ1n) is 18.9. The van der Waals surface area contributed by atoms with E-state index in [2.05, 4.69) is 21.3 Å². The first-order valence-corrected chi connectivity index (χ1v) is 20.9. The zero-order valence-corrected chi connectivity index (χ0v) is 32.7. The van der Waals surface area contributed by atoms with Crippen LogP contribution in [0.3, 0.4) is 0 Å². The molecule has 0 saturated carbocycles. The summed E-state index contributed by atoms with van der Waals surface area (Å²) < 4.78 is 88.3. The SMILES string of the molecule is [H]/N=N/C1=C(N)c2ccccc2C(c2c(CC)cc(-c3cc(CC)c(C4(S(=O)(=O)O)c5ccccc5C(N)=C(/N=N/[H])C4O)c(CC)c3)cc2CC)(S(=O)(=O)O)C1O. The van der Waals surface area contributed by atoms with Gasteiger partial charge in [-0.3, -0.25) is 9.11 Å². The van der Waals surface area contributed by atoms with Crippen LogP contribution in [0.15, 0.2) is 94.4 Å². The lowest BCUT2D eigenvalue weighted by Crippen LogP contribution is -2.52. The number of fused-ring (bicyclic) bond motifs is 2. The van der Waals surface area contributed by atoms with E-state index in [1.165, 1.54) is 24.3 Å². The van der Waals surface area contributed by atoms with Gasteiger partial charge in [-0.1, -0.05) is 100 Å². The maximum atomic E-state index is 14.0. The standard InChI is InChI=1S/C40H44N6O8S2/c1-5-21-17-25(18-22(6-2)31(21)39(55(49,50)51)29-15-11-9-13-27(29)33(41)35(45-43)37(39)47)26-19-23(7-3)32(24(8-4)20-26)40(56(52,53)54)30-16-12-10-14-28(30)34(42)36(46-44)38(40)48/h9-20,37-38,43-44,47-48H,5-8,41-42H2,1-4H3,(H,49,50,51)(H,52,53,54)/b45-43+,46-44+. The normalized spacial score (nSPS) is 23.4. The van der Waals surface area contributed by atoms with Crippen molar-refractivity contribution in [2.24, 2.45) is 21.7 Å². The van der Waals surface area contributed by atoms with E-state index in [0.29, 0.717) is 33.4 Å². The molecule has 4 unspecified atom stereocenters. The summed E-state index contributed by atoms with van der Waals surface area (Å²) in [6, 6.07) is 19.3. The number of hydrogen-bond donors (Lipinski definition) is 8. The molecule has 0 radical (unpaired) electrons. The third kappa shape index (κ3) is 5.49. The number of benzene rings is 4. The van der Waals surface area contributed by atoms with Crippen molar-refractivity contribution in [2.45, 2.75) is 75.1 Å². The highest BCUT2D eigenvalue weighted by Crippen LogP contribution is 2.54. The van der Waals surface area contributed by atoms with E-state index in [1.54, 1.807) is 76.2 Å². The molecule has 0 aliphatic heterocycles. The largest absolute Gasteiger partial charge is 0.397 e.